The molecule has 0 aliphatic carbocycles. The molecular formula is C22H19FN2O3. The summed E-state index contributed by atoms with van der Waals surface area (Å²) in [5, 5.41) is 2.58. The first kappa shape index (κ1) is 19.3. The zero-order chi connectivity index (χ0) is 19.8. The summed E-state index contributed by atoms with van der Waals surface area (Å²) in [5.41, 5.74) is 1.87. The summed E-state index contributed by atoms with van der Waals surface area (Å²) >= 11 is 0. The Morgan fingerprint density at radius 3 is 1.86 bits per heavy atom. The molecule has 0 heterocycles. The van der Waals surface area contributed by atoms with E-state index in [9.17, 15) is 14.0 Å². The Morgan fingerprint density at radius 1 is 0.786 bits per heavy atom. The van der Waals surface area contributed by atoms with Crippen molar-refractivity contribution < 1.29 is 18.7 Å². The maximum absolute atomic E-state index is 12.9. The van der Waals surface area contributed by atoms with E-state index < -0.39 is 5.91 Å². The summed E-state index contributed by atoms with van der Waals surface area (Å²) in [6.45, 7) is -0.554. The molecule has 0 radical (unpaired) electrons. The molecule has 3 aromatic rings. The highest BCUT2D eigenvalue weighted by atomic mass is 19.1. The maximum atomic E-state index is 12.9. The van der Waals surface area contributed by atoms with Gasteiger partial charge in [-0.25, -0.2) is 4.39 Å². The summed E-state index contributed by atoms with van der Waals surface area (Å²) in [7, 11) is 0. The van der Waals surface area contributed by atoms with Gasteiger partial charge in [-0.05, 0) is 48.5 Å². The van der Waals surface area contributed by atoms with Crippen molar-refractivity contribution in [1.82, 2.24) is 0 Å². The quantitative estimate of drug-likeness (QED) is 0.672. The third-order valence-electron chi connectivity index (χ3n) is 3.86. The number of benzene rings is 3. The summed E-state index contributed by atoms with van der Waals surface area (Å²) in [6.07, 6.45) is 0. The van der Waals surface area contributed by atoms with E-state index in [1.54, 1.807) is 0 Å². The fourth-order valence-corrected chi connectivity index (χ4v) is 2.62. The lowest BCUT2D eigenvalue weighted by Crippen LogP contribution is -2.31. The van der Waals surface area contributed by atoms with Crippen molar-refractivity contribution in [3.63, 3.8) is 0 Å². The number of ether oxygens (including phenoxy) is 1. The van der Waals surface area contributed by atoms with E-state index in [1.165, 1.54) is 29.2 Å². The Balaban J connectivity index is 1.59. The largest absolute Gasteiger partial charge is 0.362 e. The number of amides is 2. The SMILES string of the molecule is O=C(COCC(=O)N(c1ccccc1)c1ccccc1)Nc1ccc(F)cc1. The predicted molar refractivity (Wildman–Crippen MR) is 106 cm³/mol. The van der Waals surface area contributed by atoms with Gasteiger partial charge < -0.3 is 10.1 Å². The minimum absolute atomic E-state index is 0.263. The minimum atomic E-state index is -0.426. The van der Waals surface area contributed by atoms with Crippen LogP contribution in [0.1, 0.15) is 0 Å². The van der Waals surface area contributed by atoms with Crippen LogP contribution in [-0.2, 0) is 14.3 Å². The van der Waals surface area contributed by atoms with Crippen LogP contribution in [0.5, 0.6) is 0 Å². The molecule has 6 heteroatoms. The summed E-state index contributed by atoms with van der Waals surface area (Å²) in [5.74, 6) is -1.11. The van der Waals surface area contributed by atoms with Crippen LogP contribution in [-0.4, -0.2) is 25.0 Å². The van der Waals surface area contributed by atoms with Crippen molar-refractivity contribution in [3.8, 4) is 0 Å². The molecule has 28 heavy (non-hydrogen) atoms. The smallest absolute Gasteiger partial charge is 0.257 e. The number of carbonyl (C=O) groups is 2. The zero-order valence-corrected chi connectivity index (χ0v) is 15.0. The second kappa shape index (κ2) is 9.43. The third kappa shape index (κ3) is 5.25. The van der Waals surface area contributed by atoms with Gasteiger partial charge in [0.1, 0.15) is 19.0 Å². The number of anilines is 3. The van der Waals surface area contributed by atoms with Crippen LogP contribution >= 0.6 is 0 Å². The first-order valence-corrected chi connectivity index (χ1v) is 8.70. The van der Waals surface area contributed by atoms with E-state index in [0.717, 1.165) is 0 Å². The van der Waals surface area contributed by atoms with Crippen LogP contribution in [0.2, 0.25) is 0 Å². The molecule has 142 valence electrons. The molecule has 0 fully saturated rings. The second-order valence-corrected chi connectivity index (χ2v) is 5.95. The lowest BCUT2D eigenvalue weighted by molar-refractivity contribution is -0.126. The van der Waals surface area contributed by atoms with Gasteiger partial charge in [0.05, 0.1) is 0 Å². The average molecular weight is 378 g/mol. The second-order valence-electron chi connectivity index (χ2n) is 5.95. The number of para-hydroxylation sites is 2. The van der Waals surface area contributed by atoms with E-state index in [4.69, 9.17) is 4.74 Å². The molecular weight excluding hydrogens is 359 g/mol. The van der Waals surface area contributed by atoms with E-state index in [1.807, 2.05) is 60.7 Å². The molecule has 0 atom stereocenters. The standard InChI is InChI=1S/C22H19FN2O3/c23-17-11-13-18(14-12-17)24-21(26)15-28-16-22(27)25(19-7-3-1-4-8-19)20-9-5-2-6-10-20/h1-14H,15-16H2,(H,24,26). The van der Waals surface area contributed by atoms with Gasteiger partial charge >= 0.3 is 0 Å². The highest BCUT2D eigenvalue weighted by Gasteiger charge is 2.18. The van der Waals surface area contributed by atoms with Gasteiger partial charge in [-0.15, -0.1) is 0 Å². The van der Waals surface area contributed by atoms with E-state index in [-0.39, 0.29) is 24.9 Å². The van der Waals surface area contributed by atoms with Crippen LogP contribution in [0.15, 0.2) is 84.9 Å². The van der Waals surface area contributed by atoms with Gasteiger partial charge in [0.15, 0.2) is 0 Å². The van der Waals surface area contributed by atoms with Crippen LogP contribution < -0.4 is 10.2 Å². The van der Waals surface area contributed by atoms with Gasteiger partial charge in [0.25, 0.3) is 5.91 Å². The molecule has 2 amide bonds. The van der Waals surface area contributed by atoms with Gasteiger partial charge in [0, 0.05) is 17.1 Å². The minimum Gasteiger partial charge on any atom is -0.362 e. The van der Waals surface area contributed by atoms with Crippen molar-refractivity contribution in [2.75, 3.05) is 23.4 Å². The molecule has 1 N–H and O–H groups in total. The number of hydrogen-bond donors (Lipinski definition) is 1. The number of carbonyl (C=O) groups excluding carboxylic acids is 2. The molecule has 0 aromatic heterocycles. The molecule has 0 spiro atoms. The Morgan fingerprint density at radius 2 is 1.32 bits per heavy atom. The van der Waals surface area contributed by atoms with Crippen molar-refractivity contribution in [2.45, 2.75) is 0 Å². The normalized spacial score (nSPS) is 10.3. The fourth-order valence-electron chi connectivity index (χ4n) is 2.62. The number of rotatable bonds is 7. The highest BCUT2D eigenvalue weighted by molar-refractivity contribution is 6.01. The van der Waals surface area contributed by atoms with E-state index >= 15 is 0 Å². The monoisotopic (exact) mass is 378 g/mol. The molecule has 0 saturated carbocycles. The third-order valence-corrected chi connectivity index (χ3v) is 3.86. The van der Waals surface area contributed by atoms with Crippen LogP contribution in [0, 0.1) is 5.82 Å². The predicted octanol–water partition coefficient (Wildman–Crippen LogP) is 4.15. The Kier molecular flexibility index (Phi) is 6.49. The average Bonchev–Trinajstić information content (AvgIpc) is 2.71. The Hall–Kier alpha value is -3.51. The molecule has 3 rings (SSSR count). The molecule has 5 nitrogen and oxygen atoms in total. The summed E-state index contributed by atoms with van der Waals surface area (Å²) in [6, 6.07) is 23.8. The molecule has 3 aromatic carbocycles. The Bertz CT molecular complexity index is 876. The zero-order valence-electron chi connectivity index (χ0n) is 15.0. The summed E-state index contributed by atoms with van der Waals surface area (Å²) < 4.78 is 18.2. The number of halogens is 1. The molecule has 0 saturated heterocycles. The topological polar surface area (TPSA) is 58.6 Å². The number of nitrogens with one attached hydrogen (secondary N) is 1. The first-order chi connectivity index (χ1) is 13.6. The van der Waals surface area contributed by atoms with Gasteiger partial charge in [-0.2, -0.15) is 0 Å². The van der Waals surface area contributed by atoms with Crippen LogP contribution in [0.25, 0.3) is 0 Å². The lowest BCUT2D eigenvalue weighted by Gasteiger charge is -2.23. The van der Waals surface area contributed by atoms with Crippen molar-refractivity contribution in [1.29, 1.82) is 0 Å². The molecule has 0 unspecified atom stereocenters. The van der Waals surface area contributed by atoms with Gasteiger partial charge in [-0.3, -0.25) is 14.5 Å². The molecule has 0 bridgehead atoms. The highest BCUT2D eigenvalue weighted by Crippen LogP contribution is 2.25. The fraction of sp³-hybridized carbons (Fsp3) is 0.0909. The van der Waals surface area contributed by atoms with E-state index in [2.05, 4.69) is 5.32 Å². The lowest BCUT2D eigenvalue weighted by atomic mass is 10.2. The van der Waals surface area contributed by atoms with Crippen LogP contribution in [0.3, 0.4) is 0 Å². The molecule has 0 aliphatic heterocycles. The summed E-state index contributed by atoms with van der Waals surface area (Å²) in [4.78, 5) is 26.2. The van der Waals surface area contributed by atoms with Crippen molar-refractivity contribution >= 4 is 28.9 Å². The molecule has 0 aliphatic rings. The maximum Gasteiger partial charge on any atom is 0.257 e. The van der Waals surface area contributed by atoms with Crippen molar-refractivity contribution in [2.24, 2.45) is 0 Å². The van der Waals surface area contributed by atoms with E-state index in [0.29, 0.717) is 17.1 Å². The number of nitrogens with zero attached hydrogens (tertiary/aromatic N) is 1. The number of hydrogen-bond acceptors (Lipinski definition) is 3. The van der Waals surface area contributed by atoms with Gasteiger partial charge in [-0.1, -0.05) is 36.4 Å². The first-order valence-electron chi connectivity index (χ1n) is 8.70. The van der Waals surface area contributed by atoms with Gasteiger partial charge in [0.2, 0.25) is 5.91 Å². The van der Waals surface area contributed by atoms with Crippen molar-refractivity contribution in [3.05, 3.63) is 90.7 Å². The Labute approximate surface area is 162 Å². The van der Waals surface area contributed by atoms with Crippen LogP contribution in [0.4, 0.5) is 21.5 Å².